The summed E-state index contributed by atoms with van der Waals surface area (Å²) < 4.78 is 45.6. The number of hydrogen-bond donors (Lipinski definition) is 4. The number of halogens is 5. The molecule has 0 saturated heterocycles. The highest BCUT2D eigenvalue weighted by atomic mass is 35.5. The van der Waals surface area contributed by atoms with Crippen LogP contribution in [-0.4, -0.2) is 47.8 Å². The number of carbonyl (C=O) groups is 2. The molecule has 1 aromatic carbocycles. The van der Waals surface area contributed by atoms with Crippen LogP contribution in [0.4, 0.5) is 13.2 Å². The third-order valence-corrected chi connectivity index (χ3v) is 4.72. The first kappa shape index (κ1) is 24.6. The fraction of sp³-hybridized carbons (Fsp3) is 0.389. The summed E-state index contributed by atoms with van der Waals surface area (Å²) in [7, 11) is 0. The molecule has 0 bridgehead atoms. The molecule has 1 aliphatic heterocycles. The van der Waals surface area contributed by atoms with Gasteiger partial charge in [-0.3, -0.25) is 9.79 Å². The van der Waals surface area contributed by atoms with E-state index in [0.29, 0.717) is 12.8 Å². The Kier molecular flexibility index (Phi) is 8.02. The minimum atomic E-state index is -4.96. The number of aliphatic carboxylic acids is 1. The zero-order chi connectivity index (χ0) is 23.3. The van der Waals surface area contributed by atoms with E-state index in [2.05, 4.69) is 10.3 Å². The van der Waals surface area contributed by atoms with Crippen molar-refractivity contribution < 1.29 is 32.6 Å². The van der Waals surface area contributed by atoms with Crippen molar-refractivity contribution in [1.82, 2.24) is 5.32 Å². The van der Waals surface area contributed by atoms with Crippen molar-refractivity contribution in [2.24, 2.45) is 16.5 Å². The molecule has 1 unspecified atom stereocenters. The Balaban J connectivity index is 2.23. The van der Waals surface area contributed by atoms with Crippen LogP contribution in [0.2, 0.25) is 10.0 Å². The summed E-state index contributed by atoms with van der Waals surface area (Å²) >= 11 is 11.8. The molecule has 1 aromatic rings. The quantitative estimate of drug-likeness (QED) is 0.255. The smallest absolute Gasteiger partial charge is 0.429 e. The van der Waals surface area contributed by atoms with Crippen molar-refractivity contribution in [2.45, 2.75) is 37.6 Å². The zero-order valence-corrected chi connectivity index (χ0v) is 17.4. The number of carbonyl (C=O) groups excluding carboxylic acids is 1. The Morgan fingerprint density at radius 2 is 1.94 bits per heavy atom. The fourth-order valence-corrected chi connectivity index (χ4v) is 3.39. The highest BCUT2D eigenvalue weighted by molar-refractivity contribution is 6.36. The van der Waals surface area contributed by atoms with Crippen LogP contribution in [0.5, 0.6) is 5.75 Å². The monoisotopic (exact) mass is 482 g/mol. The van der Waals surface area contributed by atoms with Crippen molar-refractivity contribution >= 4 is 47.1 Å². The number of carboxylic acids is 1. The maximum absolute atomic E-state index is 13.5. The highest BCUT2D eigenvalue weighted by Crippen LogP contribution is 2.42. The van der Waals surface area contributed by atoms with Crippen LogP contribution in [-0.2, 0) is 9.59 Å². The summed E-state index contributed by atoms with van der Waals surface area (Å²) in [6, 6.07) is 1.06. The third-order valence-electron chi connectivity index (χ3n) is 4.22. The van der Waals surface area contributed by atoms with Gasteiger partial charge in [-0.25, -0.2) is 4.79 Å². The first-order valence-corrected chi connectivity index (χ1v) is 9.68. The molecule has 0 spiro atoms. The van der Waals surface area contributed by atoms with E-state index in [-0.39, 0.29) is 40.3 Å². The molecule has 2 rings (SSSR count). The molecule has 0 aliphatic carbocycles. The summed E-state index contributed by atoms with van der Waals surface area (Å²) in [5, 5.41) is 11.4. The number of alkyl halides is 3. The number of ether oxygens (including phenoxy) is 1. The first-order valence-electron chi connectivity index (χ1n) is 8.93. The molecule has 1 amide bonds. The summed E-state index contributed by atoms with van der Waals surface area (Å²) in [6.07, 6.45) is -5.97. The second-order valence-corrected chi connectivity index (χ2v) is 7.46. The molecule has 6 N–H and O–H groups in total. The molecular weight excluding hydrogens is 464 g/mol. The first-order chi connectivity index (χ1) is 14.4. The van der Waals surface area contributed by atoms with E-state index in [9.17, 15) is 27.9 Å². The average molecular weight is 483 g/mol. The predicted molar refractivity (Wildman–Crippen MR) is 109 cm³/mol. The summed E-state index contributed by atoms with van der Waals surface area (Å²) in [5.74, 6) is -3.03. The number of carboxylic acid groups (broad SMARTS) is 1. The lowest BCUT2D eigenvalue weighted by Gasteiger charge is -2.29. The number of fused-ring (bicyclic) bond motifs is 1. The van der Waals surface area contributed by atoms with E-state index < -0.39 is 35.8 Å². The van der Waals surface area contributed by atoms with Crippen molar-refractivity contribution in [3.05, 3.63) is 33.3 Å². The number of aliphatic imine (C=N–C) groups is 1. The van der Waals surface area contributed by atoms with E-state index in [0.717, 1.165) is 6.08 Å². The van der Waals surface area contributed by atoms with Gasteiger partial charge in [-0.1, -0.05) is 23.2 Å². The van der Waals surface area contributed by atoms with Crippen molar-refractivity contribution in [3.63, 3.8) is 0 Å². The van der Waals surface area contributed by atoms with Gasteiger partial charge in [-0.05, 0) is 37.5 Å². The van der Waals surface area contributed by atoms with Crippen molar-refractivity contribution in [3.8, 4) is 5.75 Å². The van der Waals surface area contributed by atoms with Crippen molar-refractivity contribution in [1.29, 1.82) is 0 Å². The number of rotatable bonds is 8. The normalized spacial score (nSPS) is 16.4. The number of benzene rings is 1. The molecule has 31 heavy (non-hydrogen) atoms. The third kappa shape index (κ3) is 6.66. The van der Waals surface area contributed by atoms with Gasteiger partial charge in [0.25, 0.3) is 5.91 Å². The molecule has 8 nitrogen and oxygen atoms in total. The van der Waals surface area contributed by atoms with Gasteiger partial charge in [0, 0.05) is 17.1 Å². The molecule has 1 heterocycles. The van der Waals surface area contributed by atoms with Crippen LogP contribution in [0.3, 0.4) is 0 Å². The molecule has 170 valence electrons. The summed E-state index contributed by atoms with van der Waals surface area (Å²) in [5.41, 5.74) is 9.61. The van der Waals surface area contributed by atoms with Crippen LogP contribution in [0.1, 0.15) is 24.8 Å². The molecular formula is C18H19Cl2F3N4O4. The number of nitrogens with two attached hydrogens (primary N) is 2. The van der Waals surface area contributed by atoms with Crippen LogP contribution >= 0.6 is 23.2 Å². The number of nitrogens with zero attached hydrogens (tertiary/aromatic N) is 1. The molecule has 1 aliphatic rings. The molecule has 0 radical (unpaired) electrons. The van der Waals surface area contributed by atoms with E-state index in [1.807, 2.05) is 0 Å². The average Bonchev–Trinajstić information content (AvgIpc) is 2.64. The van der Waals surface area contributed by atoms with Gasteiger partial charge in [0.2, 0.25) is 6.10 Å². The minimum Gasteiger partial charge on any atom is -0.480 e. The maximum Gasteiger partial charge on any atom is 0.429 e. The van der Waals surface area contributed by atoms with Crippen molar-refractivity contribution in [2.75, 3.05) is 6.54 Å². The minimum absolute atomic E-state index is 0.0415. The Labute approximate surface area is 185 Å². The number of nitrogens with one attached hydrogen (secondary N) is 1. The van der Waals surface area contributed by atoms with Crippen LogP contribution in [0.15, 0.2) is 22.7 Å². The van der Waals surface area contributed by atoms with Gasteiger partial charge in [-0.2, -0.15) is 13.2 Å². The molecule has 0 fully saturated rings. The van der Waals surface area contributed by atoms with E-state index >= 15 is 0 Å². The number of amides is 1. The molecule has 0 saturated carbocycles. The van der Waals surface area contributed by atoms with Crippen LogP contribution in [0, 0.1) is 0 Å². The van der Waals surface area contributed by atoms with Crippen LogP contribution < -0.4 is 21.5 Å². The SMILES string of the molecule is NC(N)=NCCCCC(NC(=O)C1=Cc2cc(Cl)cc(Cl)c2O[C@@H]1C(F)(F)F)C(=O)O. The van der Waals surface area contributed by atoms with E-state index in [4.69, 9.17) is 39.4 Å². The van der Waals surface area contributed by atoms with Gasteiger partial charge in [0.15, 0.2) is 5.96 Å². The molecule has 2 atom stereocenters. The number of unbranched alkanes of at least 4 members (excludes halogenated alkanes) is 1. The Hall–Kier alpha value is -2.66. The largest absolute Gasteiger partial charge is 0.480 e. The summed E-state index contributed by atoms with van der Waals surface area (Å²) in [4.78, 5) is 27.8. The lowest BCUT2D eigenvalue weighted by molar-refractivity contribution is -0.185. The lowest BCUT2D eigenvalue weighted by atomic mass is 9.99. The lowest BCUT2D eigenvalue weighted by Crippen LogP contribution is -2.47. The zero-order valence-electron chi connectivity index (χ0n) is 15.9. The Morgan fingerprint density at radius 1 is 1.26 bits per heavy atom. The fourth-order valence-electron chi connectivity index (χ4n) is 2.83. The van der Waals surface area contributed by atoms with Gasteiger partial charge in [0.1, 0.15) is 11.8 Å². The standard InChI is InChI=1S/C18H19Cl2F3N4O4/c19-9-5-8-6-10(14(18(21,22)23)31-13(8)11(20)7-9)15(28)27-12(16(29)30)3-1-2-4-26-17(24)25/h5-7,12,14H,1-4H2,(H,27,28)(H,29,30)(H4,24,25,26)/t12?,14-/m0/s1. The molecule has 0 aromatic heterocycles. The Morgan fingerprint density at radius 3 is 2.52 bits per heavy atom. The second-order valence-electron chi connectivity index (χ2n) is 6.61. The second kappa shape index (κ2) is 10.1. The highest BCUT2D eigenvalue weighted by Gasteiger charge is 2.49. The summed E-state index contributed by atoms with van der Waals surface area (Å²) in [6.45, 7) is 0.246. The topological polar surface area (TPSA) is 140 Å². The van der Waals surface area contributed by atoms with Gasteiger partial charge < -0.3 is 26.6 Å². The van der Waals surface area contributed by atoms with Gasteiger partial charge >= 0.3 is 12.1 Å². The Bertz CT molecular complexity index is 918. The number of guanidine groups is 1. The molecule has 13 heteroatoms. The van der Waals surface area contributed by atoms with E-state index in [1.54, 1.807) is 0 Å². The number of hydrogen-bond acceptors (Lipinski definition) is 4. The van der Waals surface area contributed by atoms with Gasteiger partial charge in [-0.15, -0.1) is 0 Å². The van der Waals surface area contributed by atoms with Gasteiger partial charge in [0.05, 0.1) is 10.6 Å². The van der Waals surface area contributed by atoms with E-state index in [1.165, 1.54) is 12.1 Å². The predicted octanol–water partition coefficient (Wildman–Crippen LogP) is 2.71. The van der Waals surface area contributed by atoms with Crippen LogP contribution in [0.25, 0.3) is 6.08 Å². The maximum atomic E-state index is 13.5.